The first-order valence-electron chi connectivity index (χ1n) is 7.45. The van der Waals surface area contributed by atoms with Gasteiger partial charge >= 0.3 is 0 Å². The molecule has 0 atom stereocenters. The quantitative estimate of drug-likeness (QED) is 0.700. The van der Waals surface area contributed by atoms with Crippen molar-refractivity contribution in [3.8, 4) is 11.5 Å². The number of nitrogens with zero attached hydrogens (tertiary/aromatic N) is 1. The molecule has 0 saturated heterocycles. The van der Waals surface area contributed by atoms with Crippen molar-refractivity contribution in [2.24, 2.45) is 0 Å². The van der Waals surface area contributed by atoms with E-state index < -0.39 is 10.0 Å². The van der Waals surface area contributed by atoms with Crippen molar-refractivity contribution in [1.82, 2.24) is 9.29 Å². The van der Waals surface area contributed by atoms with E-state index in [1.54, 1.807) is 6.07 Å². The maximum absolute atomic E-state index is 12.5. The molecule has 1 aromatic carbocycles. The SMILES string of the molecule is COc1ccc(OC)c(S(=O)(=O)NCCCn2cc(Cl)ccc2=O)c1. The Labute approximate surface area is 151 Å². The van der Waals surface area contributed by atoms with Gasteiger partial charge in [0.25, 0.3) is 5.56 Å². The van der Waals surface area contributed by atoms with Crippen molar-refractivity contribution in [2.45, 2.75) is 17.9 Å². The van der Waals surface area contributed by atoms with Gasteiger partial charge in [-0.05, 0) is 24.6 Å². The molecule has 0 spiro atoms. The largest absolute Gasteiger partial charge is 0.497 e. The predicted molar refractivity (Wildman–Crippen MR) is 95.1 cm³/mol. The van der Waals surface area contributed by atoms with Gasteiger partial charge < -0.3 is 14.0 Å². The van der Waals surface area contributed by atoms with Crippen LogP contribution in [0.1, 0.15) is 6.42 Å². The molecule has 0 fully saturated rings. The molecule has 0 amide bonds. The highest BCUT2D eigenvalue weighted by Crippen LogP contribution is 2.27. The van der Waals surface area contributed by atoms with Crippen LogP contribution in [0.3, 0.4) is 0 Å². The number of hydrogen-bond donors (Lipinski definition) is 1. The smallest absolute Gasteiger partial charge is 0.250 e. The van der Waals surface area contributed by atoms with Crippen molar-refractivity contribution in [2.75, 3.05) is 20.8 Å². The number of rotatable bonds is 8. The van der Waals surface area contributed by atoms with Crippen LogP contribution < -0.4 is 19.8 Å². The van der Waals surface area contributed by atoms with E-state index >= 15 is 0 Å². The molecular formula is C16H19ClN2O5S. The van der Waals surface area contributed by atoms with Gasteiger partial charge in [0.15, 0.2) is 0 Å². The lowest BCUT2D eigenvalue weighted by molar-refractivity contribution is 0.392. The molecule has 25 heavy (non-hydrogen) atoms. The summed E-state index contributed by atoms with van der Waals surface area (Å²) in [6, 6.07) is 7.41. The Balaban J connectivity index is 2.04. The Morgan fingerprint density at radius 1 is 1.16 bits per heavy atom. The van der Waals surface area contributed by atoms with Crippen LogP contribution in [0.4, 0.5) is 0 Å². The van der Waals surface area contributed by atoms with E-state index in [2.05, 4.69) is 4.72 Å². The van der Waals surface area contributed by atoms with Gasteiger partial charge in [0.05, 0.1) is 19.2 Å². The number of hydrogen-bond acceptors (Lipinski definition) is 5. The summed E-state index contributed by atoms with van der Waals surface area (Å²) in [5.41, 5.74) is -0.193. The van der Waals surface area contributed by atoms with Gasteiger partial charge in [-0.25, -0.2) is 13.1 Å². The van der Waals surface area contributed by atoms with Gasteiger partial charge in [-0.3, -0.25) is 4.79 Å². The number of aryl methyl sites for hydroxylation is 1. The number of ether oxygens (including phenoxy) is 2. The summed E-state index contributed by atoms with van der Waals surface area (Å²) < 4.78 is 39.0. The van der Waals surface area contributed by atoms with Crippen LogP contribution in [0.25, 0.3) is 0 Å². The Morgan fingerprint density at radius 3 is 2.60 bits per heavy atom. The van der Waals surface area contributed by atoms with Crippen LogP contribution >= 0.6 is 11.6 Å². The lowest BCUT2D eigenvalue weighted by Gasteiger charge is -2.12. The number of benzene rings is 1. The number of nitrogens with one attached hydrogen (secondary N) is 1. The second-order valence-electron chi connectivity index (χ2n) is 5.15. The molecule has 1 N–H and O–H groups in total. The maximum Gasteiger partial charge on any atom is 0.250 e. The summed E-state index contributed by atoms with van der Waals surface area (Å²) >= 11 is 5.85. The number of halogens is 1. The second kappa shape index (κ2) is 8.37. The van der Waals surface area contributed by atoms with E-state index in [0.29, 0.717) is 23.7 Å². The molecule has 0 saturated carbocycles. The first kappa shape index (κ1) is 19.3. The summed E-state index contributed by atoms with van der Waals surface area (Å²) in [5, 5.41) is 0.446. The van der Waals surface area contributed by atoms with Gasteiger partial charge in [0.2, 0.25) is 10.0 Å². The van der Waals surface area contributed by atoms with Crippen LogP contribution in [0.15, 0.2) is 46.2 Å². The highest BCUT2D eigenvalue weighted by molar-refractivity contribution is 7.89. The average molecular weight is 387 g/mol. The highest BCUT2D eigenvalue weighted by atomic mass is 35.5. The lowest BCUT2D eigenvalue weighted by Crippen LogP contribution is -2.27. The molecule has 0 aliphatic heterocycles. The third-order valence-corrected chi connectivity index (χ3v) is 5.18. The van der Waals surface area contributed by atoms with Gasteiger partial charge in [-0.15, -0.1) is 0 Å². The summed E-state index contributed by atoms with van der Waals surface area (Å²) in [7, 11) is -0.929. The zero-order valence-corrected chi connectivity index (χ0v) is 15.4. The average Bonchev–Trinajstić information content (AvgIpc) is 2.60. The van der Waals surface area contributed by atoms with Crippen molar-refractivity contribution in [3.05, 3.63) is 51.9 Å². The monoisotopic (exact) mass is 386 g/mol. The van der Waals surface area contributed by atoms with Crippen LogP contribution in [0, 0.1) is 0 Å². The minimum absolute atomic E-state index is 0.00530. The van der Waals surface area contributed by atoms with Gasteiger partial charge in [-0.1, -0.05) is 11.6 Å². The van der Waals surface area contributed by atoms with Crippen LogP contribution in [0.2, 0.25) is 5.02 Å². The van der Waals surface area contributed by atoms with E-state index in [4.69, 9.17) is 21.1 Å². The van der Waals surface area contributed by atoms with Crippen molar-refractivity contribution in [3.63, 3.8) is 0 Å². The molecule has 7 nitrogen and oxygen atoms in total. The molecule has 2 aromatic rings. The Bertz CT molecular complexity index is 896. The molecule has 1 aromatic heterocycles. The first-order valence-corrected chi connectivity index (χ1v) is 9.31. The molecule has 0 radical (unpaired) electrons. The number of pyridine rings is 1. The third kappa shape index (κ3) is 4.97. The Hall–Kier alpha value is -2.03. The molecule has 136 valence electrons. The summed E-state index contributed by atoms with van der Waals surface area (Å²) in [6.45, 7) is 0.499. The summed E-state index contributed by atoms with van der Waals surface area (Å²) in [5.74, 6) is 0.631. The highest BCUT2D eigenvalue weighted by Gasteiger charge is 2.20. The first-order chi connectivity index (χ1) is 11.9. The van der Waals surface area contributed by atoms with Gasteiger partial charge in [0.1, 0.15) is 16.4 Å². The molecule has 0 bridgehead atoms. The molecule has 2 rings (SSSR count). The zero-order valence-electron chi connectivity index (χ0n) is 13.9. The fourth-order valence-electron chi connectivity index (χ4n) is 2.20. The van der Waals surface area contributed by atoms with E-state index in [0.717, 1.165) is 0 Å². The second-order valence-corrected chi connectivity index (χ2v) is 7.32. The fourth-order valence-corrected chi connectivity index (χ4v) is 3.64. The third-order valence-electron chi connectivity index (χ3n) is 3.48. The van der Waals surface area contributed by atoms with Crippen molar-refractivity contribution in [1.29, 1.82) is 0 Å². The minimum Gasteiger partial charge on any atom is -0.497 e. The number of methoxy groups -OCH3 is 2. The van der Waals surface area contributed by atoms with E-state index in [9.17, 15) is 13.2 Å². The van der Waals surface area contributed by atoms with Crippen LogP contribution in [-0.2, 0) is 16.6 Å². The molecule has 0 aliphatic carbocycles. The van der Waals surface area contributed by atoms with Gasteiger partial charge in [-0.2, -0.15) is 0 Å². The van der Waals surface area contributed by atoms with Crippen molar-refractivity contribution >= 4 is 21.6 Å². The molecule has 1 heterocycles. The van der Waals surface area contributed by atoms with Crippen molar-refractivity contribution < 1.29 is 17.9 Å². The predicted octanol–water partition coefficient (Wildman–Crippen LogP) is 1.89. The Morgan fingerprint density at radius 2 is 1.92 bits per heavy atom. The van der Waals surface area contributed by atoms with Crippen LogP contribution in [-0.4, -0.2) is 33.7 Å². The Kier molecular flexibility index (Phi) is 6.46. The van der Waals surface area contributed by atoms with E-state index in [1.807, 2.05) is 0 Å². The fraction of sp³-hybridized carbons (Fsp3) is 0.312. The minimum atomic E-state index is -3.78. The van der Waals surface area contributed by atoms with Crippen LogP contribution in [0.5, 0.6) is 11.5 Å². The van der Waals surface area contributed by atoms with E-state index in [-0.39, 0.29) is 22.7 Å². The maximum atomic E-state index is 12.5. The van der Waals surface area contributed by atoms with Gasteiger partial charge in [0, 0.05) is 31.4 Å². The normalized spacial score (nSPS) is 11.3. The molecule has 0 aliphatic rings. The number of aromatic nitrogens is 1. The topological polar surface area (TPSA) is 86.6 Å². The number of sulfonamides is 1. The lowest BCUT2D eigenvalue weighted by atomic mass is 10.3. The standard InChI is InChI=1S/C16H19ClN2O5S/c1-23-13-5-6-14(24-2)15(10-13)25(21,22)18-8-3-9-19-11-12(17)4-7-16(19)20/h4-7,10-11,18H,3,8-9H2,1-2H3. The summed E-state index contributed by atoms with van der Waals surface area (Å²) in [4.78, 5) is 11.7. The van der Waals surface area contributed by atoms with E-state index in [1.165, 1.54) is 49.2 Å². The summed E-state index contributed by atoms with van der Waals surface area (Å²) in [6.07, 6.45) is 1.94. The molecule has 0 unspecified atom stereocenters. The zero-order chi connectivity index (χ0) is 18.4. The molecular weight excluding hydrogens is 368 g/mol. The molecule has 9 heteroatoms.